The van der Waals surface area contributed by atoms with Gasteiger partial charge in [0, 0.05) is 17.4 Å². The third-order valence-corrected chi connectivity index (χ3v) is 3.82. The lowest BCUT2D eigenvalue weighted by Gasteiger charge is -2.22. The van der Waals surface area contributed by atoms with E-state index in [-0.39, 0.29) is 6.03 Å². The van der Waals surface area contributed by atoms with Crippen LogP contribution >= 0.6 is 15.9 Å². The minimum atomic E-state index is -0.572. The average molecular weight is 343 g/mol. The summed E-state index contributed by atoms with van der Waals surface area (Å²) in [5.74, 6) is -0.572. The highest BCUT2D eigenvalue weighted by molar-refractivity contribution is 9.10. The Kier molecular flexibility index (Phi) is 5.01. The molecule has 0 spiro atoms. The van der Waals surface area contributed by atoms with E-state index in [1.807, 2.05) is 32.0 Å². The molecule has 0 aliphatic carbocycles. The molecule has 5 nitrogen and oxygen atoms in total. The van der Waals surface area contributed by atoms with Gasteiger partial charge in [-0.15, -0.1) is 0 Å². The van der Waals surface area contributed by atoms with Crippen LogP contribution in [0.5, 0.6) is 0 Å². The van der Waals surface area contributed by atoms with Gasteiger partial charge in [0.05, 0.1) is 18.9 Å². The molecule has 1 aromatic carbocycles. The van der Waals surface area contributed by atoms with Crippen molar-refractivity contribution in [2.24, 2.45) is 0 Å². The largest absolute Gasteiger partial charge is 0.348 e. The van der Waals surface area contributed by atoms with Gasteiger partial charge in [0.15, 0.2) is 5.79 Å². The summed E-state index contributed by atoms with van der Waals surface area (Å²) in [5.41, 5.74) is 1.84. The minimum Gasteiger partial charge on any atom is -0.348 e. The molecule has 2 rings (SSSR count). The monoisotopic (exact) mass is 342 g/mol. The van der Waals surface area contributed by atoms with E-state index < -0.39 is 5.79 Å². The van der Waals surface area contributed by atoms with Crippen LogP contribution in [0.15, 0.2) is 22.7 Å². The number of hydrogen-bond donors (Lipinski definition) is 2. The molecule has 0 saturated carbocycles. The van der Waals surface area contributed by atoms with Gasteiger partial charge in [-0.3, -0.25) is 0 Å². The first-order valence-corrected chi connectivity index (χ1v) is 7.37. The molecule has 2 N–H and O–H groups in total. The van der Waals surface area contributed by atoms with Crippen LogP contribution in [0.4, 0.5) is 10.5 Å². The molecule has 1 fully saturated rings. The van der Waals surface area contributed by atoms with Gasteiger partial charge >= 0.3 is 6.03 Å². The predicted molar refractivity (Wildman–Crippen MR) is 80.8 cm³/mol. The fourth-order valence-corrected chi connectivity index (χ4v) is 2.35. The number of aryl methyl sites for hydroxylation is 1. The fraction of sp³-hybridized carbons (Fsp3) is 0.500. The summed E-state index contributed by atoms with van der Waals surface area (Å²) >= 11 is 3.41. The first kappa shape index (κ1) is 15.3. The Morgan fingerprint density at radius 2 is 2.10 bits per heavy atom. The lowest BCUT2D eigenvalue weighted by Crippen LogP contribution is -2.35. The molecule has 6 heteroatoms. The number of benzene rings is 1. The molecule has 2 amide bonds. The zero-order valence-corrected chi connectivity index (χ0v) is 13.2. The van der Waals surface area contributed by atoms with Gasteiger partial charge in [-0.2, -0.15) is 0 Å². The molecular weight excluding hydrogens is 324 g/mol. The van der Waals surface area contributed by atoms with E-state index >= 15 is 0 Å². The molecule has 0 radical (unpaired) electrons. The summed E-state index contributed by atoms with van der Waals surface area (Å²) in [6.07, 6.45) is 0.620. The van der Waals surface area contributed by atoms with E-state index in [1.165, 1.54) is 0 Å². The predicted octanol–water partition coefficient (Wildman–Crippen LogP) is 3.03. The Balaban J connectivity index is 1.79. The molecule has 1 aliphatic rings. The van der Waals surface area contributed by atoms with Crippen molar-refractivity contribution in [3.8, 4) is 0 Å². The highest BCUT2D eigenvalue weighted by atomic mass is 79.9. The van der Waals surface area contributed by atoms with E-state index in [4.69, 9.17) is 9.47 Å². The standard InChI is InChI=1S/C14H19BrN2O3/c1-10-3-4-11(15)12(9-10)17-13(18)16-6-5-14(2)19-7-8-20-14/h3-4,9H,5-8H2,1-2H3,(H2,16,17,18). The lowest BCUT2D eigenvalue weighted by molar-refractivity contribution is -0.145. The number of carbonyl (C=O) groups excluding carboxylic acids is 1. The Labute approximate surface area is 127 Å². The van der Waals surface area contributed by atoms with Crippen molar-refractivity contribution in [3.05, 3.63) is 28.2 Å². The Morgan fingerprint density at radius 1 is 1.40 bits per heavy atom. The lowest BCUT2D eigenvalue weighted by atomic mass is 10.2. The minimum absolute atomic E-state index is 0.238. The van der Waals surface area contributed by atoms with Crippen LogP contribution in [-0.2, 0) is 9.47 Å². The van der Waals surface area contributed by atoms with Crippen LogP contribution < -0.4 is 10.6 Å². The van der Waals surface area contributed by atoms with Crippen molar-refractivity contribution < 1.29 is 14.3 Å². The summed E-state index contributed by atoms with van der Waals surface area (Å²) in [4.78, 5) is 11.8. The molecule has 0 bridgehead atoms. The van der Waals surface area contributed by atoms with E-state index in [1.54, 1.807) is 0 Å². The number of ether oxygens (including phenoxy) is 2. The Morgan fingerprint density at radius 3 is 2.80 bits per heavy atom. The van der Waals surface area contributed by atoms with Gasteiger partial charge in [-0.25, -0.2) is 4.79 Å². The molecule has 0 atom stereocenters. The number of rotatable bonds is 4. The first-order chi connectivity index (χ1) is 9.48. The summed E-state index contributed by atoms with van der Waals surface area (Å²) in [7, 11) is 0. The maximum atomic E-state index is 11.8. The highest BCUT2D eigenvalue weighted by Gasteiger charge is 2.30. The van der Waals surface area contributed by atoms with Crippen molar-refractivity contribution >= 4 is 27.6 Å². The van der Waals surface area contributed by atoms with Crippen molar-refractivity contribution in [2.45, 2.75) is 26.1 Å². The van der Waals surface area contributed by atoms with Crippen LogP contribution in [0, 0.1) is 6.92 Å². The number of anilines is 1. The van der Waals surface area contributed by atoms with Crippen molar-refractivity contribution in [2.75, 3.05) is 25.1 Å². The van der Waals surface area contributed by atoms with Gasteiger partial charge in [0.1, 0.15) is 0 Å². The second-order valence-corrected chi connectivity index (χ2v) is 5.80. The third-order valence-electron chi connectivity index (χ3n) is 3.13. The maximum Gasteiger partial charge on any atom is 0.319 e. The third kappa shape index (κ3) is 4.19. The van der Waals surface area contributed by atoms with Crippen LogP contribution in [0.25, 0.3) is 0 Å². The smallest absolute Gasteiger partial charge is 0.319 e. The molecule has 1 aliphatic heterocycles. The molecule has 0 unspecified atom stereocenters. The zero-order chi connectivity index (χ0) is 14.6. The second-order valence-electron chi connectivity index (χ2n) is 4.94. The first-order valence-electron chi connectivity index (χ1n) is 6.57. The number of amides is 2. The quantitative estimate of drug-likeness (QED) is 0.884. The highest BCUT2D eigenvalue weighted by Crippen LogP contribution is 2.23. The molecule has 1 saturated heterocycles. The normalized spacial score (nSPS) is 16.9. The number of nitrogens with one attached hydrogen (secondary N) is 2. The summed E-state index contributed by atoms with van der Waals surface area (Å²) < 4.78 is 11.8. The molecule has 20 heavy (non-hydrogen) atoms. The van der Waals surface area contributed by atoms with Gasteiger partial charge < -0.3 is 20.1 Å². The van der Waals surface area contributed by atoms with Gasteiger partial charge in [0.2, 0.25) is 0 Å². The SMILES string of the molecule is Cc1ccc(Br)c(NC(=O)NCCC2(C)OCCO2)c1. The zero-order valence-electron chi connectivity index (χ0n) is 11.7. The van der Waals surface area contributed by atoms with Crippen molar-refractivity contribution in [1.82, 2.24) is 5.32 Å². The molecule has 1 heterocycles. The van der Waals surface area contributed by atoms with Gasteiger partial charge in [0.25, 0.3) is 0 Å². The summed E-state index contributed by atoms with van der Waals surface area (Å²) in [6, 6.07) is 5.56. The molecule has 0 aromatic heterocycles. The molecule has 110 valence electrons. The number of hydrogen-bond acceptors (Lipinski definition) is 3. The molecular formula is C14H19BrN2O3. The van der Waals surface area contributed by atoms with Crippen molar-refractivity contribution in [1.29, 1.82) is 0 Å². The van der Waals surface area contributed by atoms with E-state index in [0.717, 1.165) is 15.7 Å². The Hall–Kier alpha value is -1.11. The van der Waals surface area contributed by atoms with Crippen LogP contribution in [0.2, 0.25) is 0 Å². The van der Waals surface area contributed by atoms with Crippen LogP contribution in [0.1, 0.15) is 18.9 Å². The summed E-state index contributed by atoms with van der Waals surface area (Å²) in [5, 5.41) is 5.61. The maximum absolute atomic E-state index is 11.8. The van der Waals surface area contributed by atoms with Gasteiger partial charge in [-0.1, -0.05) is 6.07 Å². The van der Waals surface area contributed by atoms with Crippen molar-refractivity contribution in [3.63, 3.8) is 0 Å². The van der Waals surface area contributed by atoms with E-state index in [9.17, 15) is 4.79 Å². The summed E-state index contributed by atoms with van der Waals surface area (Å²) in [6.45, 7) is 5.57. The van der Waals surface area contributed by atoms with E-state index in [0.29, 0.717) is 26.2 Å². The van der Waals surface area contributed by atoms with E-state index in [2.05, 4.69) is 26.6 Å². The molecule has 1 aromatic rings. The fourth-order valence-electron chi connectivity index (χ4n) is 2.01. The number of urea groups is 1. The second kappa shape index (κ2) is 6.56. The number of halogens is 1. The number of carbonyl (C=O) groups is 1. The van der Waals surface area contributed by atoms with Gasteiger partial charge in [-0.05, 0) is 47.5 Å². The average Bonchev–Trinajstić information content (AvgIpc) is 2.81. The van der Waals surface area contributed by atoms with Crippen LogP contribution in [0.3, 0.4) is 0 Å². The topological polar surface area (TPSA) is 59.6 Å². The Bertz CT molecular complexity index is 487. The van der Waals surface area contributed by atoms with Crippen LogP contribution in [-0.4, -0.2) is 31.6 Å².